The summed E-state index contributed by atoms with van der Waals surface area (Å²) < 4.78 is 85.3. The zero-order valence-corrected chi connectivity index (χ0v) is 14.3. The van der Waals surface area contributed by atoms with Gasteiger partial charge in [0.1, 0.15) is 11.5 Å². The van der Waals surface area contributed by atoms with Gasteiger partial charge in [0, 0.05) is 10.9 Å². The third-order valence-electron chi connectivity index (χ3n) is 4.25. The number of para-hydroxylation sites is 1. The van der Waals surface area contributed by atoms with Gasteiger partial charge in [-0.2, -0.15) is 26.3 Å². The van der Waals surface area contributed by atoms with Crippen LogP contribution in [0.3, 0.4) is 0 Å². The lowest BCUT2D eigenvalue weighted by Crippen LogP contribution is -2.09. The van der Waals surface area contributed by atoms with Crippen LogP contribution in [0.25, 0.3) is 10.8 Å². The van der Waals surface area contributed by atoms with E-state index < -0.39 is 29.2 Å². The second-order valence-electron chi connectivity index (χ2n) is 6.03. The Balaban J connectivity index is 2.23. The van der Waals surface area contributed by atoms with E-state index >= 15 is 0 Å². The van der Waals surface area contributed by atoms with Gasteiger partial charge in [-0.1, -0.05) is 24.3 Å². The number of carbonyl (C=O) groups excluding carboxylic acids is 1. The number of benzene rings is 3. The summed E-state index contributed by atoms with van der Waals surface area (Å²) in [5.74, 6) is -0.957. The lowest BCUT2D eigenvalue weighted by atomic mass is 9.98. The van der Waals surface area contributed by atoms with E-state index in [0.717, 1.165) is 24.3 Å². The molecule has 0 fully saturated rings. The highest BCUT2D eigenvalue weighted by molar-refractivity contribution is 5.91. The number of hydrogen-bond donors (Lipinski definition) is 0. The van der Waals surface area contributed by atoms with Crippen LogP contribution in [0.15, 0.2) is 48.5 Å². The Bertz CT molecular complexity index is 1050. The van der Waals surface area contributed by atoms with Crippen LogP contribution in [0, 0.1) is 6.92 Å². The van der Waals surface area contributed by atoms with Crippen molar-refractivity contribution in [3.05, 3.63) is 70.8 Å². The van der Waals surface area contributed by atoms with E-state index in [-0.39, 0.29) is 33.9 Å². The van der Waals surface area contributed by atoms with E-state index in [1.54, 1.807) is 0 Å². The van der Waals surface area contributed by atoms with Gasteiger partial charge in [-0.15, -0.1) is 0 Å². The molecule has 0 spiro atoms. The summed E-state index contributed by atoms with van der Waals surface area (Å²) in [5, 5.41) is 0.0871. The van der Waals surface area contributed by atoms with Gasteiger partial charge >= 0.3 is 12.4 Å². The minimum atomic E-state index is -4.81. The normalized spacial score (nSPS) is 12.2. The third kappa shape index (κ3) is 3.54. The van der Waals surface area contributed by atoms with E-state index in [9.17, 15) is 31.1 Å². The molecular weight excluding hydrogens is 386 g/mol. The smallest absolute Gasteiger partial charge is 0.420 e. The Kier molecular flexibility index (Phi) is 4.82. The van der Waals surface area contributed by atoms with Crippen LogP contribution in [0.4, 0.5) is 26.3 Å². The molecule has 3 aromatic rings. The molecule has 0 aromatic heterocycles. The Morgan fingerprint density at radius 3 is 2.04 bits per heavy atom. The fourth-order valence-electron chi connectivity index (χ4n) is 2.98. The molecule has 0 radical (unpaired) electrons. The molecule has 3 aromatic carbocycles. The minimum Gasteiger partial charge on any atom is -0.456 e. The lowest BCUT2D eigenvalue weighted by Gasteiger charge is -2.18. The van der Waals surface area contributed by atoms with Gasteiger partial charge in [0.05, 0.1) is 16.7 Å². The average molecular weight is 398 g/mol. The van der Waals surface area contributed by atoms with Gasteiger partial charge in [0.25, 0.3) is 0 Å². The molecule has 28 heavy (non-hydrogen) atoms. The van der Waals surface area contributed by atoms with Gasteiger partial charge < -0.3 is 4.74 Å². The second kappa shape index (κ2) is 6.85. The summed E-state index contributed by atoms with van der Waals surface area (Å²) in [5.41, 5.74) is -2.47. The summed E-state index contributed by atoms with van der Waals surface area (Å²) >= 11 is 0. The number of ether oxygens (including phenoxy) is 1. The van der Waals surface area contributed by atoms with Crippen LogP contribution >= 0.6 is 0 Å². The van der Waals surface area contributed by atoms with Crippen LogP contribution in [-0.2, 0) is 12.4 Å². The Morgan fingerprint density at radius 2 is 1.43 bits per heavy atom. The van der Waals surface area contributed by atoms with E-state index in [4.69, 9.17) is 4.74 Å². The summed E-state index contributed by atoms with van der Waals surface area (Å²) in [7, 11) is 0. The molecule has 0 saturated carbocycles. The monoisotopic (exact) mass is 398 g/mol. The fourth-order valence-corrected chi connectivity index (χ4v) is 2.98. The summed E-state index contributed by atoms with van der Waals surface area (Å²) in [6.45, 7) is 1.32. The van der Waals surface area contributed by atoms with Gasteiger partial charge in [0.2, 0.25) is 0 Å². The lowest BCUT2D eigenvalue weighted by molar-refractivity contribution is -0.138. The van der Waals surface area contributed by atoms with Crippen molar-refractivity contribution >= 4 is 17.1 Å². The van der Waals surface area contributed by atoms with Crippen LogP contribution in [-0.4, -0.2) is 6.29 Å². The van der Waals surface area contributed by atoms with Crippen molar-refractivity contribution in [2.75, 3.05) is 0 Å². The van der Waals surface area contributed by atoms with Crippen molar-refractivity contribution < 1.29 is 35.9 Å². The summed E-state index contributed by atoms with van der Waals surface area (Å²) in [6.07, 6.45) is -9.26. The number of fused-ring (bicyclic) bond motifs is 1. The van der Waals surface area contributed by atoms with Gasteiger partial charge in [-0.25, -0.2) is 0 Å². The number of carbonyl (C=O) groups is 1. The molecule has 0 bridgehead atoms. The zero-order valence-electron chi connectivity index (χ0n) is 14.3. The first-order chi connectivity index (χ1) is 13.0. The second-order valence-corrected chi connectivity index (χ2v) is 6.03. The average Bonchev–Trinajstić information content (AvgIpc) is 2.62. The van der Waals surface area contributed by atoms with E-state index in [2.05, 4.69) is 0 Å². The topological polar surface area (TPSA) is 26.3 Å². The zero-order chi connectivity index (χ0) is 20.7. The molecule has 0 N–H and O–H groups in total. The first-order valence-corrected chi connectivity index (χ1v) is 7.97. The maximum atomic E-state index is 13.4. The Hall–Kier alpha value is -3.03. The summed E-state index contributed by atoms with van der Waals surface area (Å²) in [6, 6.07) is 9.11. The number of alkyl halides is 6. The van der Waals surface area contributed by atoms with Crippen molar-refractivity contribution in [3.63, 3.8) is 0 Å². The molecule has 0 aliphatic heterocycles. The Labute approximate surface area is 155 Å². The fraction of sp³-hybridized carbons (Fsp3) is 0.150. The molecule has 2 nitrogen and oxygen atoms in total. The van der Waals surface area contributed by atoms with E-state index in [1.165, 1.54) is 31.2 Å². The number of hydrogen-bond acceptors (Lipinski definition) is 2. The molecule has 0 amide bonds. The largest absolute Gasteiger partial charge is 0.456 e. The molecule has 0 aliphatic carbocycles. The first kappa shape index (κ1) is 19.7. The molecular formula is C20H12F6O2. The molecule has 0 unspecified atom stereocenters. The molecule has 0 atom stereocenters. The number of aldehydes is 1. The SMILES string of the molecule is Cc1c(Oc2c(C=O)cccc2C(F)(F)F)ccc2cccc(C(F)(F)F)c12. The number of rotatable bonds is 3. The molecule has 0 saturated heterocycles. The van der Waals surface area contributed by atoms with E-state index in [1.807, 2.05) is 0 Å². The Morgan fingerprint density at radius 1 is 0.821 bits per heavy atom. The van der Waals surface area contributed by atoms with Gasteiger partial charge in [-0.05, 0) is 36.6 Å². The molecule has 3 rings (SSSR count). The third-order valence-corrected chi connectivity index (χ3v) is 4.25. The minimum absolute atomic E-state index is 0.0132. The molecule has 0 aliphatic rings. The highest BCUT2D eigenvalue weighted by Crippen LogP contribution is 2.43. The number of aryl methyl sites for hydroxylation is 1. The van der Waals surface area contributed by atoms with Crippen LogP contribution in [0.2, 0.25) is 0 Å². The standard InChI is InChI=1S/C20H12F6O2/c1-11-16(9-8-12-4-2-6-14(17(11)12)19(21,22)23)28-18-13(10-27)5-3-7-15(18)20(24,25)26/h2-10H,1H3. The highest BCUT2D eigenvalue weighted by Gasteiger charge is 2.36. The molecule has 8 heteroatoms. The van der Waals surface area contributed by atoms with Crippen molar-refractivity contribution in [2.24, 2.45) is 0 Å². The van der Waals surface area contributed by atoms with Gasteiger partial charge in [0.15, 0.2) is 6.29 Å². The highest BCUT2D eigenvalue weighted by atomic mass is 19.4. The molecule has 0 heterocycles. The first-order valence-electron chi connectivity index (χ1n) is 7.97. The number of halogens is 6. The van der Waals surface area contributed by atoms with Crippen LogP contribution in [0.1, 0.15) is 27.0 Å². The van der Waals surface area contributed by atoms with Crippen LogP contribution < -0.4 is 4.74 Å². The maximum absolute atomic E-state index is 13.4. The van der Waals surface area contributed by atoms with Crippen molar-refractivity contribution in [1.82, 2.24) is 0 Å². The van der Waals surface area contributed by atoms with Crippen molar-refractivity contribution in [1.29, 1.82) is 0 Å². The summed E-state index contributed by atoms with van der Waals surface area (Å²) in [4.78, 5) is 11.2. The quantitative estimate of drug-likeness (QED) is 0.359. The van der Waals surface area contributed by atoms with Crippen molar-refractivity contribution in [2.45, 2.75) is 19.3 Å². The van der Waals surface area contributed by atoms with Gasteiger partial charge in [-0.3, -0.25) is 4.79 Å². The van der Waals surface area contributed by atoms with E-state index in [0.29, 0.717) is 0 Å². The predicted molar refractivity (Wildman–Crippen MR) is 90.6 cm³/mol. The van der Waals surface area contributed by atoms with Crippen LogP contribution in [0.5, 0.6) is 11.5 Å². The maximum Gasteiger partial charge on any atom is 0.420 e. The predicted octanol–water partition coefficient (Wildman–Crippen LogP) is 6.79. The van der Waals surface area contributed by atoms with Crippen molar-refractivity contribution in [3.8, 4) is 11.5 Å². The molecule has 146 valence electrons.